The number of thioether (sulfide) groups is 1. The molecule has 2 unspecified atom stereocenters. The lowest BCUT2D eigenvalue weighted by atomic mass is 10.1. The van der Waals surface area contributed by atoms with Crippen LogP contribution in [0.3, 0.4) is 0 Å². The average molecular weight is 403 g/mol. The highest BCUT2D eigenvalue weighted by Crippen LogP contribution is 2.39. The Hall–Kier alpha value is -2.06. The molecule has 3 rings (SSSR count). The zero-order valence-corrected chi connectivity index (χ0v) is 16.7. The van der Waals surface area contributed by atoms with Gasteiger partial charge < -0.3 is 19.9 Å². The van der Waals surface area contributed by atoms with Gasteiger partial charge in [0.05, 0.1) is 5.69 Å². The average Bonchev–Trinajstić information content (AvgIpc) is 3.01. The Kier molecular flexibility index (Phi) is 7.73. The van der Waals surface area contributed by atoms with Crippen molar-refractivity contribution >= 4 is 23.9 Å². The number of nitrogens with one attached hydrogen (secondary N) is 1. The van der Waals surface area contributed by atoms with E-state index in [4.69, 9.17) is 9.47 Å². The van der Waals surface area contributed by atoms with Gasteiger partial charge in [0.25, 0.3) is 0 Å². The van der Waals surface area contributed by atoms with E-state index < -0.39 is 12.3 Å². The van der Waals surface area contributed by atoms with Gasteiger partial charge in [-0.15, -0.1) is 11.8 Å². The Morgan fingerprint density at radius 2 is 1.93 bits per heavy atom. The molecular formula is C21H26N2O4S. The second-order valence-corrected chi connectivity index (χ2v) is 7.23. The van der Waals surface area contributed by atoms with Gasteiger partial charge in [0, 0.05) is 23.6 Å². The van der Waals surface area contributed by atoms with Crippen LogP contribution in [0, 0.1) is 0 Å². The Bertz CT molecular complexity index is 774. The van der Waals surface area contributed by atoms with E-state index in [-0.39, 0.29) is 0 Å². The predicted molar refractivity (Wildman–Crippen MR) is 111 cm³/mol. The number of rotatable bonds is 11. The summed E-state index contributed by atoms with van der Waals surface area (Å²) in [6.45, 7) is 2.62. The Labute approximate surface area is 169 Å². The van der Waals surface area contributed by atoms with Crippen LogP contribution in [0.15, 0.2) is 53.4 Å². The van der Waals surface area contributed by atoms with Gasteiger partial charge in [-0.05, 0) is 37.4 Å². The third-order valence-electron chi connectivity index (χ3n) is 4.59. The molecule has 6 nitrogen and oxygen atoms in total. The molecule has 1 aliphatic rings. The summed E-state index contributed by atoms with van der Waals surface area (Å²) in [4.78, 5) is 13.7. The minimum absolute atomic E-state index is 0.492. The van der Waals surface area contributed by atoms with Crippen LogP contribution in [0.2, 0.25) is 0 Å². The number of ether oxygens (including phenoxy) is 2. The van der Waals surface area contributed by atoms with E-state index in [9.17, 15) is 9.90 Å². The minimum Gasteiger partial charge on any atom is -0.491 e. The van der Waals surface area contributed by atoms with Crippen molar-refractivity contribution in [3.63, 3.8) is 0 Å². The lowest BCUT2D eigenvalue weighted by molar-refractivity contribution is -0.111. The van der Waals surface area contributed by atoms with Crippen molar-refractivity contribution in [3.8, 4) is 5.75 Å². The van der Waals surface area contributed by atoms with Gasteiger partial charge in [-0.25, -0.2) is 0 Å². The maximum atomic E-state index is 11.2. The van der Waals surface area contributed by atoms with Crippen LogP contribution in [0.4, 0.5) is 5.69 Å². The van der Waals surface area contributed by atoms with Gasteiger partial charge in [0.1, 0.15) is 18.5 Å². The summed E-state index contributed by atoms with van der Waals surface area (Å²) in [5.74, 6) is 0.911. The molecule has 2 aromatic carbocycles. The molecule has 0 saturated heterocycles. The summed E-state index contributed by atoms with van der Waals surface area (Å²) < 4.78 is 11.7. The van der Waals surface area contributed by atoms with Crippen LogP contribution in [0.5, 0.6) is 5.75 Å². The smallest absolute Gasteiger partial charge is 0.216 e. The van der Waals surface area contributed by atoms with E-state index >= 15 is 0 Å². The Morgan fingerprint density at radius 3 is 2.75 bits per heavy atom. The number of carbonyl (C=O) groups is 1. The zero-order chi connectivity index (χ0) is 19.8. The van der Waals surface area contributed by atoms with E-state index in [0.717, 1.165) is 35.7 Å². The molecule has 0 aromatic heterocycles. The fraction of sp³-hybridized carbons (Fsp3) is 0.381. The molecule has 0 spiro atoms. The number of aliphatic hydroxyl groups excluding tert-OH is 1. The SMILES string of the molecule is CSc1ccccc1OCCNCCCOC1c2ccccc2N(C=O)C1O. The Balaban J connectivity index is 1.34. The molecule has 1 heterocycles. The fourth-order valence-corrected chi connectivity index (χ4v) is 3.75. The molecular weight excluding hydrogens is 376 g/mol. The number of nitrogens with zero attached hydrogens (tertiary/aromatic N) is 1. The summed E-state index contributed by atoms with van der Waals surface area (Å²) in [7, 11) is 0. The molecule has 0 fully saturated rings. The first kappa shape index (κ1) is 20.7. The largest absolute Gasteiger partial charge is 0.491 e. The molecule has 0 aliphatic carbocycles. The van der Waals surface area contributed by atoms with Gasteiger partial charge in [-0.1, -0.05) is 30.3 Å². The van der Waals surface area contributed by atoms with E-state index in [0.29, 0.717) is 25.3 Å². The van der Waals surface area contributed by atoms with Gasteiger partial charge in [0.2, 0.25) is 6.41 Å². The molecule has 2 N–H and O–H groups in total. The number of aliphatic hydroxyl groups is 1. The zero-order valence-electron chi connectivity index (χ0n) is 15.9. The van der Waals surface area contributed by atoms with Crippen molar-refractivity contribution in [2.24, 2.45) is 0 Å². The number of hydrogen-bond donors (Lipinski definition) is 2. The molecule has 0 radical (unpaired) electrons. The highest BCUT2D eigenvalue weighted by Gasteiger charge is 2.37. The first-order chi connectivity index (χ1) is 13.8. The molecule has 2 atom stereocenters. The standard InChI is InChI=1S/C21H26N2O4S/c1-28-19-10-5-4-9-18(19)26-14-12-22-11-6-13-27-20-16-7-2-3-8-17(16)23(15-24)21(20)25/h2-5,7-10,15,20-22,25H,6,11-14H2,1H3. The van der Waals surface area contributed by atoms with Gasteiger partial charge in [-0.3, -0.25) is 9.69 Å². The lowest BCUT2D eigenvalue weighted by Crippen LogP contribution is -2.33. The van der Waals surface area contributed by atoms with Crippen molar-refractivity contribution in [2.45, 2.75) is 23.6 Å². The second kappa shape index (κ2) is 10.5. The van der Waals surface area contributed by atoms with Crippen molar-refractivity contribution in [2.75, 3.05) is 37.5 Å². The Morgan fingerprint density at radius 1 is 1.14 bits per heavy atom. The lowest BCUT2D eigenvalue weighted by Gasteiger charge is -2.20. The van der Waals surface area contributed by atoms with Crippen LogP contribution >= 0.6 is 11.8 Å². The van der Waals surface area contributed by atoms with Crippen LogP contribution in [-0.4, -0.2) is 50.3 Å². The number of anilines is 1. The van der Waals surface area contributed by atoms with Crippen molar-refractivity contribution in [3.05, 3.63) is 54.1 Å². The summed E-state index contributed by atoms with van der Waals surface area (Å²) >= 11 is 1.67. The van der Waals surface area contributed by atoms with Crippen molar-refractivity contribution in [1.29, 1.82) is 0 Å². The number of carbonyl (C=O) groups excluding carboxylic acids is 1. The topological polar surface area (TPSA) is 71.0 Å². The minimum atomic E-state index is -0.979. The molecule has 1 aliphatic heterocycles. The fourth-order valence-electron chi connectivity index (χ4n) is 3.21. The highest BCUT2D eigenvalue weighted by atomic mass is 32.2. The summed E-state index contributed by atoms with van der Waals surface area (Å²) in [6, 6.07) is 15.4. The molecule has 2 aromatic rings. The second-order valence-electron chi connectivity index (χ2n) is 6.38. The van der Waals surface area contributed by atoms with Crippen LogP contribution in [-0.2, 0) is 9.53 Å². The van der Waals surface area contributed by atoms with E-state index in [2.05, 4.69) is 5.32 Å². The van der Waals surface area contributed by atoms with Gasteiger partial charge >= 0.3 is 0 Å². The van der Waals surface area contributed by atoms with Crippen molar-refractivity contribution < 1.29 is 19.4 Å². The maximum absolute atomic E-state index is 11.2. The molecule has 0 bridgehead atoms. The van der Waals surface area contributed by atoms with Crippen LogP contribution in [0.1, 0.15) is 18.1 Å². The number of hydrogen-bond acceptors (Lipinski definition) is 6. The maximum Gasteiger partial charge on any atom is 0.216 e. The predicted octanol–water partition coefficient (Wildman–Crippen LogP) is 2.82. The normalized spacial score (nSPS) is 18.1. The van der Waals surface area contributed by atoms with Gasteiger partial charge in [0.15, 0.2) is 6.23 Å². The van der Waals surface area contributed by atoms with E-state index in [1.165, 1.54) is 4.90 Å². The van der Waals surface area contributed by atoms with E-state index in [1.54, 1.807) is 11.8 Å². The van der Waals surface area contributed by atoms with E-state index in [1.807, 2.05) is 54.8 Å². The third kappa shape index (κ3) is 4.86. The summed E-state index contributed by atoms with van der Waals surface area (Å²) in [5.41, 5.74) is 1.55. The summed E-state index contributed by atoms with van der Waals surface area (Å²) in [5, 5.41) is 13.7. The number of amides is 1. The number of para-hydroxylation sites is 2. The molecule has 28 heavy (non-hydrogen) atoms. The molecule has 7 heteroatoms. The number of fused-ring (bicyclic) bond motifs is 1. The number of benzene rings is 2. The molecule has 0 saturated carbocycles. The first-order valence-electron chi connectivity index (χ1n) is 9.35. The molecule has 150 valence electrons. The monoisotopic (exact) mass is 402 g/mol. The van der Waals surface area contributed by atoms with Gasteiger partial charge in [-0.2, -0.15) is 0 Å². The molecule has 1 amide bonds. The first-order valence-corrected chi connectivity index (χ1v) is 10.6. The third-order valence-corrected chi connectivity index (χ3v) is 5.37. The van der Waals surface area contributed by atoms with Crippen molar-refractivity contribution in [1.82, 2.24) is 5.32 Å². The van der Waals surface area contributed by atoms with Crippen LogP contribution < -0.4 is 15.0 Å². The van der Waals surface area contributed by atoms with Crippen LogP contribution in [0.25, 0.3) is 0 Å². The summed E-state index contributed by atoms with van der Waals surface area (Å²) in [6.07, 6.45) is 1.99. The highest BCUT2D eigenvalue weighted by molar-refractivity contribution is 7.98. The quantitative estimate of drug-likeness (QED) is 0.342.